The molecule has 1 fully saturated rings. The Labute approximate surface area is 90.2 Å². The first-order valence-electron chi connectivity index (χ1n) is 5.15. The van der Waals surface area contributed by atoms with Gasteiger partial charge in [0.1, 0.15) is 0 Å². The lowest BCUT2D eigenvalue weighted by molar-refractivity contribution is -0.170. The Bertz CT molecular complexity index is 278. The van der Waals surface area contributed by atoms with E-state index in [9.17, 15) is 9.90 Å². The van der Waals surface area contributed by atoms with Crippen LogP contribution in [0.2, 0.25) is 0 Å². The van der Waals surface area contributed by atoms with Crippen LogP contribution < -0.4 is 0 Å². The monoisotopic (exact) mass is 216 g/mol. The van der Waals surface area contributed by atoms with Crippen molar-refractivity contribution in [3.63, 3.8) is 0 Å². The Morgan fingerprint density at radius 1 is 1.40 bits per heavy atom. The molecule has 0 bridgehead atoms. The lowest BCUT2D eigenvalue weighted by Gasteiger charge is -2.34. The number of aliphatic hydroxyl groups is 1. The van der Waals surface area contributed by atoms with E-state index in [4.69, 9.17) is 9.84 Å². The molecular weight excluding hydrogens is 196 g/mol. The zero-order chi connectivity index (χ0) is 12.1. The third-order valence-corrected chi connectivity index (χ3v) is 3.19. The molecule has 0 aromatic carbocycles. The molecule has 1 saturated heterocycles. The first-order valence-corrected chi connectivity index (χ1v) is 5.15. The number of hydrogen-bond donors (Lipinski definition) is 2. The molecule has 0 amide bonds. The molecule has 2 N–H and O–H groups in total. The Kier molecular flexibility index (Phi) is 2.65. The molecule has 0 aliphatic carbocycles. The number of ether oxygens (including phenoxy) is 1. The minimum atomic E-state index is -1.74. The van der Waals surface area contributed by atoms with Gasteiger partial charge < -0.3 is 14.9 Å². The van der Waals surface area contributed by atoms with Crippen molar-refractivity contribution in [2.24, 2.45) is 5.92 Å². The van der Waals surface area contributed by atoms with Gasteiger partial charge in [0, 0.05) is 5.92 Å². The average Bonchev–Trinajstić information content (AvgIpc) is 2.19. The second-order valence-electron chi connectivity index (χ2n) is 5.67. The van der Waals surface area contributed by atoms with Crippen molar-refractivity contribution < 1.29 is 19.7 Å². The molecular formula is C11H20O4. The fourth-order valence-corrected chi connectivity index (χ4v) is 2.59. The summed E-state index contributed by atoms with van der Waals surface area (Å²) in [5.41, 5.74) is -2.74. The van der Waals surface area contributed by atoms with Crippen molar-refractivity contribution in [2.45, 2.75) is 57.8 Å². The third kappa shape index (κ3) is 2.16. The molecule has 0 spiro atoms. The van der Waals surface area contributed by atoms with Crippen LogP contribution in [-0.2, 0) is 9.53 Å². The van der Waals surface area contributed by atoms with Gasteiger partial charge in [0.15, 0.2) is 5.60 Å². The van der Waals surface area contributed by atoms with Crippen LogP contribution in [0.5, 0.6) is 0 Å². The van der Waals surface area contributed by atoms with Crippen molar-refractivity contribution in [2.75, 3.05) is 0 Å². The van der Waals surface area contributed by atoms with E-state index in [1.54, 1.807) is 0 Å². The van der Waals surface area contributed by atoms with E-state index >= 15 is 0 Å². The van der Waals surface area contributed by atoms with E-state index in [1.165, 1.54) is 6.92 Å². The second kappa shape index (κ2) is 3.19. The molecule has 15 heavy (non-hydrogen) atoms. The SMILES string of the molecule is CC1(C)CC(C(C)(O)C(=O)O)C(C)(C)O1. The zero-order valence-electron chi connectivity index (χ0n) is 10.00. The first kappa shape index (κ1) is 12.5. The normalized spacial score (nSPS) is 32.3. The van der Waals surface area contributed by atoms with Crippen molar-refractivity contribution in [3.8, 4) is 0 Å². The molecule has 1 aliphatic rings. The zero-order valence-corrected chi connectivity index (χ0v) is 10.00. The van der Waals surface area contributed by atoms with Gasteiger partial charge in [-0.1, -0.05) is 0 Å². The number of carboxylic acid groups (broad SMARTS) is 1. The first-order chi connectivity index (χ1) is 6.49. The third-order valence-electron chi connectivity index (χ3n) is 3.19. The standard InChI is InChI=1S/C11H20O4/c1-9(2)6-7(10(3,4)15-9)11(5,14)8(12)13/h7,14H,6H2,1-5H3,(H,12,13). The van der Waals surface area contributed by atoms with Gasteiger partial charge in [-0.05, 0) is 41.0 Å². The van der Waals surface area contributed by atoms with Crippen LogP contribution in [0.1, 0.15) is 41.0 Å². The van der Waals surface area contributed by atoms with Gasteiger partial charge in [0.05, 0.1) is 11.2 Å². The minimum absolute atomic E-state index is 0.381. The molecule has 2 unspecified atom stereocenters. The predicted molar refractivity (Wildman–Crippen MR) is 55.6 cm³/mol. The summed E-state index contributed by atoms with van der Waals surface area (Å²) < 4.78 is 5.76. The highest BCUT2D eigenvalue weighted by atomic mass is 16.5. The van der Waals surface area contributed by atoms with Gasteiger partial charge >= 0.3 is 5.97 Å². The molecule has 1 aliphatic heterocycles. The van der Waals surface area contributed by atoms with Gasteiger partial charge in [-0.2, -0.15) is 0 Å². The molecule has 0 aromatic rings. The largest absolute Gasteiger partial charge is 0.479 e. The molecule has 2 atom stereocenters. The summed E-state index contributed by atoms with van der Waals surface area (Å²) in [7, 11) is 0. The summed E-state index contributed by atoms with van der Waals surface area (Å²) in [6.45, 7) is 8.81. The summed E-state index contributed by atoms with van der Waals surface area (Å²) in [6.07, 6.45) is 0.541. The summed E-state index contributed by atoms with van der Waals surface area (Å²) in [4.78, 5) is 11.0. The van der Waals surface area contributed by atoms with Crippen LogP contribution in [0.25, 0.3) is 0 Å². The second-order valence-corrected chi connectivity index (χ2v) is 5.67. The fourth-order valence-electron chi connectivity index (χ4n) is 2.59. The highest BCUT2D eigenvalue weighted by Crippen LogP contribution is 2.46. The highest BCUT2D eigenvalue weighted by molar-refractivity contribution is 5.77. The quantitative estimate of drug-likeness (QED) is 0.732. The molecule has 0 radical (unpaired) electrons. The minimum Gasteiger partial charge on any atom is -0.479 e. The fraction of sp³-hybridized carbons (Fsp3) is 0.909. The smallest absolute Gasteiger partial charge is 0.335 e. The maximum Gasteiger partial charge on any atom is 0.335 e. The van der Waals surface area contributed by atoms with E-state index in [-0.39, 0.29) is 5.60 Å². The molecule has 1 heterocycles. The van der Waals surface area contributed by atoms with E-state index in [0.29, 0.717) is 6.42 Å². The maximum absolute atomic E-state index is 11.0. The van der Waals surface area contributed by atoms with E-state index in [1.807, 2.05) is 27.7 Å². The van der Waals surface area contributed by atoms with E-state index in [0.717, 1.165) is 0 Å². The number of hydrogen-bond acceptors (Lipinski definition) is 3. The predicted octanol–water partition coefficient (Wildman–Crippen LogP) is 1.42. The average molecular weight is 216 g/mol. The van der Waals surface area contributed by atoms with Crippen molar-refractivity contribution in [1.82, 2.24) is 0 Å². The number of carboxylic acids is 1. The molecule has 88 valence electrons. The Hall–Kier alpha value is -0.610. The molecule has 4 heteroatoms. The summed E-state index contributed by atoms with van der Waals surface area (Å²) in [5.74, 6) is -1.60. The van der Waals surface area contributed by atoms with Gasteiger partial charge in [-0.15, -0.1) is 0 Å². The van der Waals surface area contributed by atoms with Crippen LogP contribution in [0.3, 0.4) is 0 Å². The molecule has 0 aromatic heterocycles. The van der Waals surface area contributed by atoms with Crippen molar-refractivity contribution >= 4 is 5.97 Å². The Morgan fingerprint density at radius 3 is 2.13 bits per heavy atom. The van der Waals surface area contributed by atoms with E-state index in [2.05, 4.69) is 0 Å². The van der Waals surface area contributed by atoms with Gasteiger partial charge in [-0.25, -0.2) is 4.79 Å². The molecule has 1 rings (SSSR count). The lowest BCUT2D eigenvalue weighted by atomic mass is 9.75. The van der Waals surface area contributed by atoms with Crippen LogP contribution in [0, 0.1) is 5.92 Å². The number of carbonyl (C=O) groups is 1. The molecule has 0 saturated carbocycles. The van der Waals surface area contributed by atoms with Gasteiger partial charge in [0.2, 0.25) is 0 Å². The van der Waals surface area contributed by atoms with Gasteiger partial charge in [0.25, 0.3) is 0 Å². The Morgan fingerprint density at radius 2 is 1.87 bits per heavy atom. The number of rotatable bonds is 2. The topological polar surface area (TPSA) is 66.8 Å². The van der Waals surface area contributed by atoms with Crippen molar-refractivity contribution in [1.29, 1.82) is 0 Å². The van der Waals surface area contributed by atoms with Crippen LogP contribution in [-0.4, -0.2) is 33.0 Å². The lowest BCUT2D eigenvalue weighted by Crippen LogP contribution is -2.50. The van der Waals surface area contributed by atoms with Gasteiger partial charge in [-0.3, -0.25) is 0 Å². The summed E-state index contributed by atoms with van der Waals surface area (Å²) in [6, 6.07) is 0. The molecule has 4 nitrogen and oxygen atoms in total. The van der Waals surface area contributed by atoms with Crippen molar-refractivity contribution in [3.05, 3.63) is 0 Å². The van der Waals surface area contributed by atoms with Crippen LogP contribution in [0.4, 0.5) is 0 Å². The number of aliphatic carboxylic acids is 1. The van der Waals surface area contributed by atoms with Crippen LogP contribution in [0.15, 0.2) is 0 Å². The maximum atomic E-state index is 11.0. The van der Waals surface area contributed by atoms with E-state index < -0.39 is 23.1 Å². The van der Waals surface area contributed by atoms with Crippen LogP contribution >= 0.6 is 0 Å². The summed E-state index contributed by atoms with van der Waals surface area (Å²) in [5, 5.41) is 19.0. The Balaban J connectivity index is 3.02. The highest BCUT2D eigenvalue weighted by Gasteiger charge is 2.56. The summed E-state index contributed by atoms with van der Waals surface area (Å²) >= 11 is 0.